The van der Waals surface area contributed by atoms with Crippen LogP contribution in [0.15, 0.2) is 6.07 Å². The number of nitrogens with zero attached hydrogens (tertiary/aromatic N) is 1. The van der Waals surface area contributed by atoms with Gasteiger partial charge in [0.15, 0.2) is 0 Å². The molecule has 116 valence electrons. The van der Waals surface area contributed by atoms with Crippen molar-refractivity contribution in [3.05, 3.63) is 28.6 Å². The van der Waals surface area contributed by atoms with Gasteiger partial charge in [-0.3, -0.25) is 4.98 Å². The van der Waals surface area contributed by atoms with Gasteiger partial charge in [-0.2, -0.15) is 0 Å². The summed E-state index contributed by atoms with van der Waals surface area (Å²) in [5.41, 5.74) is 11.4. The summed E-state index contributed by atoms with van der Waals surface area (Å²) in [5, 5.41) is 3.70. The van der Waals surface area contributed by atoms with Crippen LogP contribution in [0, 0.1) is 5.92 Å². The lowest BCUT2D eigenvalue weighted by molar-refractivity contribution is 0.364. The molecule has 1 atom stereocenters. The number of fused-ring (bicyclic) bond motifs is 1. The molecule has 1 fully saturated rings. The molecule has 2 aliphatic carbocycles. The highest BCUT2D eigenvalue weighted by Gasteiger charge is 2.29. The van der Waals surface area contributed by atoms with E-state index in [1.54, 1.807) is 0 Å². The minimum absolute atomic E-state index is 0.406. The summed E-state index contributed by atoms with van der Waals surface area (Å²) < 4.78 is 0. The van der Waals surface area contributed by atoms with Crippen molar-refractivity contribution in [2.45, 2.75) is 70.9 Å². The van der Waals surface area contributed by atoms with Gasteiger partial charge in [0.2, 0.25) is 0 Å². The number of nitrogens with one attached hydrogen (secondary N) is 1. The van der Waals surface area contributed by atoms with Crippen LogP contribution < -0.4 is 11.1 Å². The first-order valence-electron chi connectivity index (χ1n) is 8.78. The molecule has 0 aliphatic heterocycles. The van der Waals surface area contributed by atoms with Crippen molar-refractivity contribution >= 4 is 0 Å². The van der Waals surface area contributed by atoms with Crippen molar-refractivity contribution in [3.8, 4) is 0 Å². The van der Waals surface area contributed by atoms with E-state index in [2.05, 4.69) is 18.3 Å². The third kappa shape index (κ3) is 3.14. The minimum atomic E-state index is 0.406. The summed E-state index contributed by atoms with van der Waals surface area (Å²) >= 11 is 0. The highest BCUT2D eigenvalue weighted by atomic mass is 15.0. The lowest BCUT2D eigenvalue weighted by atomic mass is 9.88. The molecule has 1 aromatic heterocycles. The van der Waals surface area contributed by atoms with Gasteiger partial charge in [0.25, 0.3) is 0 Å². The van der Waals surface area contributed by atoms with Gasteiger partial charge in [-0.1, -0.05) is 25.8 Å². The first-order chi connectivity index (χ1) is 10.3. The van der Waals surface area contributed by atoms with Gasteiger partial charge in [-0.15, -0.1) is 0 Å². The van der Waals surface area contributed by atoms with E-state index in [9.17, 15) is 0 Å². The lowest BCUT2D eigenvalue weighted by Gasteiger charge is -2.28. The van der Waals surface area contributed by atoms with E-state index in [1.165, 1.54) is 67.5 Å². The molecule has 2 aliphatic rings. The molecule has 3 N–H and O–H groups in total. The van der Waals surface area contributed by atoms with Crippen molar-refractivity contribution in [2.75, 3.05) is 6.54 Å². The van der Waals surface area contributed by atoms with Gasteiger partial charge in [-0.05, 0) is 62.1 Å². The maximum atomic E-state index is 6.05. The van der Waals surface area contributed by atoms with Crippen molar-refractivity contribution < 1.29 is 0 Å². The molecular weight excluding hydrogens is 258 g/mol. The van der Waals surface area contributed by atoms with Gasteiger partial charge in [-0.25, -0.2) is 0 Å². The molecule has 0 bridgehead atoms. The number of hydrogen-bond acceptors (Lipinski definition) is 3. The Bertz CT molecular complexity index is 478. The molecule has 0 saturated heterocycles. The molecule has 1 saturated carbocycles. The van der Waals surface area contributed by atoms with Gasteiger partial charge < -0.3 is 11.1 Å². The number of nitrogens with two attached hydrogens (primary N) is 1. The fraction of sp³-hybridized carbons (Fsp3) is 0.722. The summed E-state index contributed by atoms with van der Waals surface area (Å²) in [5.74, 6) is 0.740. The Morgan fingerprint density at radius 1 is 1.24 bits per heavy atom. The molecule has 21 heavy (non-hydrogen) atoms. The molecule has 3 heteroatoms. The van der Waals surface area contributed by atoms with Crippen LogP contribution in [0.3, 0.4) is 0 Å². The standard InChI is InChI=1S/C18H29N3/c1-2-20-17(13-7-3-4-8-13)18-15(12-19)11-14-9-5-6-10-16(14)21-18/h11,13,17,20H,2-10,12,19H2,1H3. The molecule has 3 rings (SSSR count). The van der Waals surface area contributed by atoms with Crippen LogP contribution in [-0.4, -0.2) is 11.5 Å². The monoisotopic (exact) mass is 287 g/mol. The van der Waals surface area contributed by atoms with E-state index in [-0.39, 0.29) is 0 Å². The van der Waals surface area contributed by atoms with Crippen LogP contribution in [-0.2, 0) is 19.4 Å². The summed E-state index contributed by atoms with van der Waals surface area (Å²) in [4.78, 5) is 5.11. The molecule has 0 radical (unpaired) electrons. The van der Waals surface area contributed by atoms with Gasteiger partial charge in [0.1, 0.15) is 0 Å². The fourth-order valence-electron chi connectivity index (χ4n) is 4.13. The minimum Gasteiger partial charge on any atom is -0.326 e. The fourth-order valence-corrected chi connectivity index (χ4v) is 4.13. The highest BCUT2D eigenvalue weighted by Crippen LogP contribution is 2.37. The first kappa shape index (κ1) is 15.0. The Kier molecular flexibility index (Phi) is 4.91. The highest BCUT2D eigenvalue weighted by molar-refractivity contribution is 5.34. The van der Waals surface area contributed by atoms with Crippen LogP contribution in [0.4, 0.5) is 0 Å². The summed E-state index contributed by atoms with van der Waals surface area (Å²) in [7, 11) is 0. The Hall–Kier alpha value is -0.930. The molecule has 0 aromatic carbocycles. The topological polar surface area (TPSA) is 50.9 Å². The summed E-state index contributed by atoms with van der Waals surface area (Å²) in [6, 6.07) is 2.76. The summed E-state index contributed by atoms with van der Waals surface area (Å²) in [6.07, 6.45) is 10.3. The second kappa shape index (κ2) is 6.89. The Labute approximate surface area is 128 Å². The Balaban J connectivity index is 1.96. The number of aryl methyl sites for hydroxylation is 2. The van der Waals surface area contributed by atoms with Crippen LogP contribution in [0.2, 0.25) is 0 Å². The van der Waals surface area contributed by atoms with Crippen LogP contribution in [0.5, 0.6) is 0 Å². The third-order valence-corrected chi connectivity index (χ3v) is 5.22. The largest absolute Gasteiger partial charge is 0.326 e. The van der Waals surface area contributed by atoms with Crippen molar-refractivity contribution in [1.82, 2.24) is 10.3 Å². The van der Waals surface area contributed by atoms with E-state index < -0.39 is 0 Å². The number of hydrogen-bond donors (Lipinski definition) is 2. The second-order valence-corrected chi connectivity index (χ2v) is 6.63. The predicted molar refractivity (Wildman–Crippen MR) is 87.1 cm³/mol. The molecule has 3 nitrogen and oxygen atoms in total. The van der Waals surface area contributed by atoms with Crippen LogP contribution in [0.25, 0.3) is 0 Å². The number of rotatable bonds is 5. The molecule has 1 unspecified atom stereocenters. The zero-order chi connectivity index (χ0) is 14.7. The van der Waals surface area contributed by atoms with Gasteiger partial charge >= 0.3 is 0 Å². The van der Waals surface area contributed by atoms with E-state index in [0.717, 1.165) is 18.9 Å². The number of aromatic nitrogens is 1. The lowest BCUT2D eigenvalue weighted by Crippen LogP contribution is -2.30. The Morgan fingerprint density at radius 3 is 2.71 bits per heavy atom. The molecule has 1 aromatic rings. The average Bonchev–Trinajstić information content (AvgIpc) is 3.05. The zero-order valence-electron chi connectivity index (χ0n) is 13.3. The van der Waals surface area contributed by atoms with Crippen molar-refractivity contribution in [1.29, 1.82) is 0 Å². The van der Waals surface area contributed by atoms with Crippen molar-refractivity contribution in [3.63, 3.8) is 0 Å². The van der Waals surface area contributed by atoms with Gasteiger partial charge in [0.05, 0.1) is 11.7 Å². The van der Waals surface area contributed by atoms with Crippen molar-refractivity contribution in [2.24, 2.45) is 11.7 Å². The SMILES string of the molecule is CCNC(c1nc2c(cc1CN)CCCC2)C1CCCC1. The predicted octanol–water partition coefficient (Wildman–Crippen LogP) is 3.26. The van der Waals surface area contributed by atoms with Crippen LogP contribution >= 0.6 is 0 Å². The van der Waals surface area contributed by atoms with E-state index in [4.69, 9.17) is 10.7 Å². The van der Waals surface area contributed by atoms with Gasteiger partial charge in [0, 0.05) is 12.2 Å². The Morgan fingerprint density at radius 2 is 2.00 bits per heavy atom. The number of pyridine rings is 1. The smallest absolute Gasteiger partial charge is 0.0624 e. The molecule has 0 spiro atoms. The molecular formula is C18H29N3. The van der Waals surface area contributed by atoms with Crippen LogP contribution in [0.1, 0.15) is 74.0 Å². The third-order valence-electron chi connectivity index (χ3n) is 5.22. The first-order valence-corrected chi connectivity index (χ1v) is 8.78. The zero-order valence-corrected chi connectivity index (χ0v) is 13.3. The average molecular weight is 287 g/mol. The van der Waals surface area contributed by atoms with E-state index in [0.29, 0.717) is 12.6 Å². The normalized spacial score (nSPS) is 20.5. The molecule has 0 amide bonds. The quantitative estimate of drug-likeness (QED) is 0.874. The maximum Gasteiger partial charge on any atom is 0.0624 e. The molecule has 1 heterocycles. The summed E-state index contributed by atoms with van der Waals surface area (Å²) in [6.45, 7) is 3.82. The second-order valence-electron chi connectivity index (χ2n) is 6.63. The van der Waals surface area contributed by atoms with E-state index >= 15 is 0 Å². The maximum absolute atomic E-state index is 6.05. The van der Waals surface area contributed by atoms with E-state index in [1.807, 2.05) is 0 Å².